The number of rotatable bonds is 9. The number of benzene rings is 2. The van der Waals surface area contributed by atoms with Crippen LogP contribution in [0.5, 0.6) is 11.5 Å². The van der Waals surface area contributed by atoms with Gasteiger partial charge in [0.25, 0.3) is 0 Å². The lowest BCUT2D eigenvalue weighted by atomic mass is 10.1. The molecule has 0 fully saturated rings. The maximum Gasteiger partial charge on any atom is 0.337 e. The highest BCUT2D eigenvalue weighted by molar-refractivity contribution is 5.99. The minimum atomic E-state index is -0.650. The molecule has 10 heteroatoms. The molecule has 0 unspecified atom stereocenters. The number of ether oxygens (including phenoxy) is 4. The van der Waals surface area contributed by atoms with Gasteiger partial charge in [-0.05, 0) is 30.3 Å². The number of oxazole rings is 1. The Labute approximate surface area is 195 Å². The Bertz CT molecular complexity index is 1170. The predicted octanol–water partition coefficient (Wildman–Crippen LogP) is 3.50. The van der Waals surface area contributed by atoms with E-state index in [0.717, 1.165) is 0 Å². The van der Waals surface area contributed by atoms with Crippen molar-refractivity contribution < 1.29 is 37.7 Å². The van der Waals surface area contributed by atoms with E-state index in [1.54, 1.807) is 38.6 Å². The van der Waals surface area contributed by atoms with Crippen LogP contribution in [0.4, 0.5) is 5.69 Å². The maximum absolute atomic E-state index is 12.5. The van der Waals surface area contributed by atoms with Gasteiger partial charge in [0.05, 0.1) is 51.3 Å². The molecule has 0 aliphatic rings. The summed E-state index contributed by atoms with van der Waals surface area (Å²) in [5.74, 6) is 0.394. The number of anilines is 1. The SMILES string of the molecule is COC(=O)c1cc(NC(=O)CCc2ncc(-c3ccc(OC)cc3OC)o2)cc(C(=O)OC)c1. The smallest absolute Gasteiger partial charge is 0.337 e. The normalized spacial score (nSPS) is 10.4. The Morgan fingerprint density at radius 1 is 0.912 bits per heavy atom. The van der Waals surface area contributed by atoms with E-state index in [9.17, 15) is 14.4 Å². The Morgan fingerprint density at radius 2 is 1.59 bits per heavy atom. The molecule has 2 aromatic carbocycles. The zero-order valence-electron chi connectivity index (χ0n) is 19.2. The van der Waals surface area contributed by atoms with Crippen LogP contribution < -0.4 is 14.8 Å². The minimum absolute atomic E-state index is 0.0513. The van der Waals surface area contributed by atoms with Crippen LogP contribution >= 0.6 is 0 Å². The maximum atomic E-state index is 12.5. The molecule has 1 amide bonds. The van der Waals surface area contributed by atoms with Crippen LogP contribution in [0.15, 0.2) is 47.0 Å². The first-order valence-electron chi connectivity index (χ1n) is 10.2. The third-order valence-electron chi connectivity index (χ3n) is 4.85. The molecule has 3 aromatic rings. The van der Waals surface area contributed by atoms with Crippen LogP contribution in [0.3, 0.4) is 0 Å². The highest BCUT2D eigenvalue weighted by Crippen LogP contribution is 2.33. The summed E-state index contributed by atoms with van der Waals surface area (Å²) in [6.07, 6.45) is 1.83. The Morgan fingerprint density at radius 3 is 2.18 bits per heavy atom. The number of hydrogen-bond donors (Lipinski definition) is 1. The third-order valence-corrected chi connectivity index (χ3v) is 4.85. The lowest BCUT2D eigenvalue weighted by Gasteiger charge is -2.09. The topological polar surface area (TPSA) is 126 Å². The average Bonchev–Trinajstić information content (AvgIpc) is 3.34. The lowest BCUT2D eigenvalue weighted by Crippen LogP contribution is -2.14. The predicted molar refractivity (Wildman–Crippen MR) is 121 cm³/mol. The van der Waals surface area contributed by atoms with E-state index in [0.29, 0.717) is 28.7 Å². The number of hydrogen-bond acceptors (Lipinski definition) is 9. The van der Waals surface area contributed by atoms with Crippen molar-refractivity contribution >= 4 is 23.5 Å². The summed E-state index contributed by atoms with van der Waals surface area (Å²) < 4.78 is 25.8. The van der Waals surface area contributed by atoms with E-state index in [1.807, 2.05) is 0 Å². The molecule has 0 radical (unpaired) electrons. The number of amides is 1. The van der Waals surface area contributed by atoms with Crippen LogP contribution in [0.1, 0.15) is 33.0 Å². The molecule has 0 bridgehead atoms. The van der Waals surface area contributed by atoms with Crippen molar-refractivity contribution in [1.82, 2.24) is 4.98 Å². The fourth-order valence-corrected chi connectivity index (χ4v) is 3.17. The number of nitrogens with zero attached hydrogens (tertiary/aromatic N) is 1. The summed E-state index contributed by atoms with van der Waals surface area (Å²) in [6.45, 7) is 0. The third kappa shape index (κ3) is 5.71. The fraction of sp³-hybridized carbons (Fsp3) is 0.250. The second-order valence-corrected chi connectivity index (χ2v) is 7.01. The van der Waals surface area contributed by atoms with Gasteiger partial charge in [0.2, 0.25) is 5.91 Å². The van der Waals surface area contributed by atoms with Crippen LogP contribution in [0.2, 0.25) is 0 Å². The molecule has 10 nitrogen and oxygen atoms in total. The van der Waals surface area contributed by atoms with Crippen LogP contribution in [0, 0.1) is 0 Å². The number of carbonyl (C=O) groups excluding carboxylic acids is 3. The molecule has 1 N–H and O–H groups in total. The van der Waals surface area contributed by atoms with Gasteiger partial charge in [0, 0.05) is 24.6 Å². The van der Waals surface area contributed by atoms with Gasteiger partial charge in [-0.2, -0.15) is 0 Å². The van der Waals surface area contributed by atoms with Gasteiger partial charge in [-0.15, -0.1) is 0 Å². The second-order valence-electron chi connectivity index (χ2n) is 7.01. The zero-order valence-corrected chi connectivity index (χ0v) is 19.2. The number of carbonyl (C=O) groups is 3. The van der Waals surface area contributed by atoms with Crippen molar-refractivity contribution in [3.63, 3.8) is 0 Å². The molecular formula is C24H24N2O8. The molecule has 0 saturated heterocycles. The summed E-state index contributed by atoms with van der Waals surface area (Å²) in [5.41, 5.74) is 1.16. The summed E-state index contributed by atoms with van der Waals surface area (Å²) in [7, 11) is 5.55. The molecule has 178 valence electrons. The first-order chi connectivity index (χ1) is 16.4. The molecule has 34 heavy (non-hydrogen) atoms. The van der Waals surface area contributed by atoms with Gasteiger partial charge >= 0.3 is 11.9 Å². The molecular weight excluding hydrogens is 444 g/mol. The van der Waals surface area contributed by atoms with E-state index in [-0.39, 0.29) is 35.6 Å². The van der Waals surface area contributed by atoms with Crippen molar-refractivity contribution in [3.05, 3.63) is 59.6 Å². The van der Waals surface area contributed by atoms with E-state index in [4.69, 9.17) is 23.4 Å². The largest absolute Gasteiger partial charge is 0.497 e. The molecule has 1 heterocycles. The zero-order chi connectivity index (χ0) is 24.7. The number of esters is 2. The average molecular weight is 468 g/mol. The highest BCUT2D eigenvalue weighted by atomic mass is 16.5. The molecule has 0 aliphatic heterocycles. The monoisotopic (exact) mass is 468 g/mol. The molecule has 0 atom stereocenters. The standard InChI is InChI=1S/C24H24N2O8/c1-30-17-5-6-18(19(12-17)31-2)20-13-25-22(34-20)8-7-21(27)26-16-10-14(23(28)32-3)9-15(11-16)24(29)33-4/h5-6,9-13H,7-8H2,1-4H3,(H,26,27). The van der Waals surface area contributed by atoms with Crippen molar-refractivity contribution in [3.8, 4) is 22.8 Å². The van der Waals surface area contributed by atoms with Crippen molar-refractivity contribution in [2.24, 2.45) is 0 Å². The molecule has 0 spiro atoms. The van der Waals surface area contributed by atoms with Gasteiger partial charge in [-0.25, -0.2) is 14.6 Å². The van der Waals surface area contributed by atoms with Gasteiger partial charge < -0.3 is 28.7 Å². The summed E-state index contributed by atoms with van der Waals surface area (Å²) >= 11 is 0. The van der Waals surface area contributed by atoms with E-state index in [1.165, 1.54) is 32.4 Å². The van der Waals surface area contributed by atoms with Gasteiger partial charge in [0.1, 0.15) is 11.5 Å². The fourth-order valence-electron chi connectivity index (χ4n) is 3.17. The Kier molecular flexibility index (Phi) is 7.86. The quantitative estimate of drug-likeness (QED) is 0.470. The van der Waals surface area contributed by atoms with Crippen molar-refractivity contribution in [2.75, 3.05) is 33.8 Å². The van der Waals surface area contributed by atoms with E-state index < -0.39 is 11.9 Å². The first-order valence-corrected chi connectivity index (χ1v) is 10.2. The molecule has 0 saturated carbocycles. The van der Waals surface area contributed by atoms with E-state index >= 15 is 0 Å². The summed E-state index contributed by atoms with van der Waals surface area (Å²) in [6, 6.07) is 9.45. The summed E-state index contributed by atoms with van der Waals surface area (Å²) in [5, 5.41) is 2.66. The molecule has 3 rings (SSSR count). The van der Waals surface area contributed by atoms with E-state index in [2.05, 4.69) is 10.3 Å². The number of aromatic nitrogens is 1. The van der Waals surface area contributed by atoms with Crippen molar-refractivity contribution in [2.45, 2.75) is 12.8 Å². The van der Waals surface area contributed by atoms with Crippen LogP contribution in [0.25, 0.3) is 11.3 Å². The Hall–Kier alpha value is -4.34. The van der Waals surface area contributed by atoms with Crippen molar-refractivity contribution in [1.29, 1.82) is 0 Å². The number of methoxy groups -OCH3 is 4. The first kappa shape index (κ1) is 24.3. The van der Waals surface area contributed by atoms with Crippen LogP contribution in [-0.4, -0.2) is 51.3 Å². The van der Waals surface area contributed by atoms with Gasteiger partial charge in [0.15, 0.2) is 11.7 Å². The Balaban J connectivity index is 1.69. The molecule has 1 aromatic heterocycles. The number of nitrogens with one attached hydrogen (secondary N) is 1. The second kappa shape index (κ2) is 11.0. The molecule has 0 aliphatic carbocycles. The van der Waals surface area contributed by atoms with Gasteiger partial charge in [-0.3, -0.25) is 4.79 Å². The lowest BCUT2D eigenvalue weighted by molar-refractivity contribution is -0.116. The minimum Gasteiger partial charge on any atom is -0.497 e. The van der Waals surface area contributed by atoms with Gasteiger partial charge in [-0.1, -0.05) is 0 Å². The highest BCUT2D eigenvalue weighted by Gasteiger charge is 2.16. The number of aryl methyl sites for hydroxylation is 1. The van der Waals surface area contributed by atoms with Crippen LogP contribution in [-0.2, 0) is 20.7 Å². The summed E-state index contributed by atoms with van der Waals surface area (Å²) in [4.78, 5) is 40.5.